The Balaban J connectivity index is 0.000000170. The van der Waals surface area contributed by atoms with Crippen LogP contribution in [0.25, 0.3) is 45.1 Å². The van der Waals surface area contributed by atoms with E-state index < -0.39 is 6.03 Å². The molecular formula is C39H31Cl2F2N11O. The summed E-state index contributed by atoms with van der Waals surface area (Å²) >= 11 is 12.6. The summed E-state index contributed by atoms with van der Waals surface area (Å²) in [6.07, 6.45) is 3.24. The van der Waals surface area contributed by atoms with Crippen LogP contribution < -0.4 is 16.0 Å². The van der Waals surface area contributed by atoms with Crippen LogP contribution in [-0.4, -0.2) is 45.1 Å². The molecule has 8 rings (SSSR count). The van der Waals surface area contributed by atoms with Gasteiger partial charge in [0, 0.05) is 25.2 Å². The number of hydrogen-bond acceptors (Lipinski definition) is 8. The van der Waals surface area contributed by atoms with Crippen LogP contribution in [0.4, 0.5) is 36.6 Å². The SMILES string of the molecule is Cc1cc(F)ccc1-c1nc(N(C(N)=O)c2ccccc2Cl)c2ncn(C)c2n1.Cc1cc(F)ccc1-c1nc(Nc2ccccc2Cl)c2ncn(C)c2n1. The molecule has 8 aromatic rings. The number of fused-ring (bicyclic) bond motifs is 2. The van der Waals surface area contributed by atoms with Crippen molar-refractivity contribution < 1.29 is 13.6 Å². The zero-order valence-electron chi connectivity index (χ0n) is 29.8. The van der Waals surface area contributed by atoms with E-state index >= 15 is 0 Å². The summed E-state index contributed by atoms with van der Waals surface area (Å²) in [7, 11) is 3.64. The molecule has 0 aliphatic carbocycles. The zero-order valence-corrected chi connectivity index (χ0v) is 31.3. The molecule has 16 heteroatoms. The van der Waals surface area contributed by atoms with Crippen molar-refractivity contribution in [1.29, 1.82) is 0 Å². The largest absolute Gasteiger partial charge is 0.351 e. The normalized spacial score (nSPS) is 11.1. The summed E-state index contributed by atoms with van der Waals surface area (Å²) in [6, 6.07) is 22.3. The average molecular weight is 779 g/mol. The van der Waals surface area contributed by atoms with Crippen LogP contribution in [0.5, 0.6) is 0 Å². The summed E-state index contributed by atoms with van der Waals surface area (Å²) in [5.74, 6) is 0.891. The Morgan fingerprint density at radius 3 is 1.80 bits per heavy atom. The number of primary amides is 1. The third kappa shape index (κ3) is 7.37. The van der Waals surface area contributed by atoms with E-state index in [1.54, 1.807) is 73.7 Å². The highest BCUT2D eigenvalue weighted by Gasteiger charge is 2.25. The van der Waals surface area contributed by atoms with E-state index in [9.17, 15) is 13.6 Å². The molecule has 0 saturated heterocycles. The van der Waals surface area contributed by atoms with E-state index in [0.717, 1.165) is 16.8 Å². The molecule has 0 spiro atoms. The number of imidazole rings is 2. The van der Waals surface area contributed by atoms with E-state index in [1.165, 1.54) is 29.2 Å². The number of benzene rings is 4. The zero-order chi connectivity index (χ0) is 39.0. The van der Waals surface area contributed by atoms with Crippen LogP contribution in [0.2, 0.25) is 10.0 Å². The highest BCUT2D eigenvalue weighted by Crippen LogP contribution is 2.36. The van der Waals surface area contributed by atoms with Crippen LogP contribution in [-0.2, 0) is 14.1 Å². The first-order chi connectivity index (χ1) is 26.4. The van der Waals surface area contributed by atoms with Gasteiger partial charge >= 0.3 is 6.03 Å². The average Bonchev–Trinajstić information content (AvgIpc) is 3.72. The predicted molar refractivity (Wildman–Crippen MR) is 211 cm³/mol. The van der Waals surface area contributed by atoms with Gasteiger partial charge in [-0.05, 0) is 85.6 Å². The summed E-state index contributed by atoms with van der Waals surface area (Å²) in [6.45, 7) is 3.59. The fourth-order valence-corrected chi connectivity index (χ4v) is 6.30. The number of nitrogens with zero attached hydrogens (tertiary/aromatic N) is 9. The smallest absolute Gasteiger partial charge is 0.325 e. The number of rotatable bonds is 6. The lowest BCUT2D eigenvalue weighted by Gasteiger charge is -2.21. The topological polar surface area (TPSA) is 146 Å². The number of nitrogens with two attached hydrogens (primary N) is 1. The van der Waals surface area contributed by atoms with Gasteiger partial charge < -0.3 is 20.2 Å². The van der Waals surface area contributed by atoms with Gasteiger partial charge in [-0.25, -0.2) is 48.4 Å². The second kappa shape index (κ2) is 15.1. The lowest BCUT2D eigenvalue weighted by Crippen LogP contribution is -2.32. The Labute approximate surface area is 323 Å². The number of nitrogens with one attached hydrogen (secondary N) is 1. The van der Waals surface area contributed by atoms with Gasteiger partial charge in [0.1, 0.15) is 11.6 Å². The molecule has 0 bridgehead atoms. The Morgan fingerprint density at radius 2 is 1.24 bits per heavy atom. The fraction of sp³-hybridized carbons (Fsp3) is 0.103. The predicted octanol–water partition coefficient (Wildman–Crippen LogP) is 9.22. The van der Waals surface area contributed by atoms with Gasteiger partial charge in [0.15, 0.2) is 45.6 Å². The van der Waals surface area contributed by atoms with E-state index in [1.807, 2.05) is 36.7 Å². The van der Waals surface area contributed by atoms with E-state index in [2.05, 4.69) is 35.2 Å². The molecule has 0 saturated carbocycles. The standard InChI is InChI=1S/C20H16ClFN6O.C19H15ClFN5/c1-11-9-12(22)7-8-13(11)17-25-18-16(24-10-27(18)2)19(26-17)28(20(23)29)15-6-4-3-5-14(15)21;1-11-9-12(21)7-8-13(11)17-24-18(16-19(25-17)26(2)10-22-16)23-15-6-4-3-5-14(15)20/h3-10H,1-2H3,(H2,23,29);3-10H,1-2H3,(H,23,24,25). The Bertz CT molecular complexity index is 2750. The highest BCUT2D eigenvalue weighted by atomic mass is 35.5. The maximum atomic E-state index is 13.6. The number of para-hydroxylation sites is 2. The summed E-state index contributed by atoms with van der Waals surface area (Å²) < 4.78 is 30.6. The maximum absolute atomic E-state index is 13.6. The minimum Gasteiger partial charge on any atom is -0.351 e. The van der Waals surface area contributed by atoms with Crippen LogP contribution >= 0.6 is 23.2 Å². The molecule has 55 heavy (non-hydrogen) atoms. The Kier molecular flexibility index (Phi) is 10.1. The molecule has 0 aliphatic heterocycles. The van der Waals surface area contributed by atoms with Crippen LogP contribution in [0.1, 0.15) is 11.1 Å². The van der Waals surface area contributed by atoms with E-state index in [0.29, 0.717) is 66.7 Å². The summed E-state index contributed by atoms with van der Waals surface area (Å²) in [5.41, 5.74) is 11.8. The number of aryl methyl sites for hydroxylation is 4. The van der Waals surface area contributed by atoms with Crippen LogP contribution in [0.3, 0.4) is 0 Å². The number of carbonyl (C=O) groups is 1. The second-order valence-corrected chi connectivity index (χ2v) is 13.3. The molecule has 4 aromatic heterocycles. The van der Waals surface area contributed by atoms with Gasteiger partial charge in [0.2, 0.25) is 0 Å². The first-order valence-corrected chi connectivity index (χ1v) is 17.4. The molecular weight excluding hydrogens is 747 g/mol. The molecule has 0 aliphatic rings. The first-order valence-electron chi connectivity index (χ1n) is 16.7. The number of anilines is 4. The molecule has 0 atom stereocenters. The number of halogens is 4. The highest BCUT2D eigenvalue weighted by molar-refractivity contribution is 6.34. The number of amides is 2. The van der Waals surface area contributed by atoms with Gasteiger partial charge in [0.05, 0.1) is 34.1 Å². The molecule has 3 N–H and O–H groups in total. The van der Waals surface area contributed by atoms with Crippen molar-refractivity contribution in [1.82, 2.24) is 39.0 Å². The molecule has 12 nitrogen and oxygen atoms in total. The Hall–Kier alpha value is -6.51. The van der Waals surface area contributed by atoms with Crippen molar-refractivity contribution >= 4 is 74.6 Å². The Morgan fingerprint density at radius 1 is 0.709 bits per heavy atom. The third-order valence-electron chi connectivity index (χ3n) is 8.61. The van der Waals surface area contributed by atoms with E-state index in [-0.39, 0.29) is 17.5 Å². The van der Waals surface area contributed by atoms with Crippen molar-refractivity contribution in [3.8, 4) is 22.8 Å². The van der Waals surface area contributed by atoms with Crippen molar-refractivity contribution in [2.45, 2.75) is 13.8 Å². The lowest BCUT2D eigenvalue weighted by atomic mass is 10.1. The summed E-state index contributed by atoms with van der Waals surface area (Å²) in [4.78, 5) is 40.7. The monoisotopic (exact) mass is 777 g/mol. The third-order valence-corrected chi connectivity index (χ3v) is 9.26. The molecule has 4 heterocycles. The van der Waals surface area contributed by atoms with Crippen molar-refractivity contribution in [3.05, 3.63) is 130 Å². The fourth-order valence-electron chi connectivity index (χ4n) is 5.90. The van der Waals surface area contributed by atoms with Gasteiger partial charge in [-0.15, -0.1) is 0 Å². The molecule has 4 aromatic carbocycles. The molecule has 0 radical (unpaired) electrons. The second-order valence-electron chi connectivity index (χ2n) is 12.5. The lowest BCUT2D eigenvalue weighted by molar-refractivity contribution is 0.256. The van der Waals surface area contributed by atoms with Crippen molar-refractivity contribution in [2.24, 2.45) is 19.8 Å². The maximum Gasteiger partial charge on any atom is 0.325 e. The van der Waals surface area contributed by atoms with Gasteiger partial charge in [-0.2, -0.15) is 0 Å². The van der Waals surface area contributed by atoms with Gasteiger partial charge in [0.25, 0.3) is 0 Å². The molecule has 2 amide bonds. The first kappa shape index (κ1) is 36.8. The molecule has 276 valence electrons. The van der Waals surface area contributed by atoms with E-state index in [4.69, 9.17) is 28.9 Å². The molecule has 0 unspecified atom stereocenters. The quantitative estimate of drug-likeness (QED) is 0.170. The number of hydrogen-bond donors (Lipinski definition) is 2. The molecule has 0 fully saturated rings. The van der Waals surface area contributed by atoms with Crippen molar-refractivity contribution in [2.75, 3.05) is 10.2 Å². The van der Waals surface area contributed by atoms with Crippen LogP contribution in [0, 0.1) is 25.5 Å². The number of carbonyl (C=O) groups excluding carboxylic acids is 1. The van der Waals surface area contributed by atoms with Crippen molar-refractivity contribution in [3.63, 3.8) is 0 Å². The van der Waals surface area contributed by atoms with Crippen LogP contribution in [0.15, 0.2) is 97.6 Å². The van der Waals surface area contributed by atoms with Gasteiger partial charge in [-0.1, -0.05) is 47.5 Å². The minimum atomic E-state index is -0.773. The number of urea groups is 1. The minimum absolute atomic E-state index is 0.190. The number of aromatic nitrogens is 8. The summed E-state index contributed by atoms with van der Waals surface area (Å²) in [5, 5.41) is 4.14. The van der Waals surface area contributed by atoms with Gasteiger partial charge in [-0.3, -0.25) is 0 Å².